The minimum absolute atomic E-state index is 0.270. The number of aliphatic hydroxyl groups excluding tert-OH is 1. The first-order valence-corrected chi connectivity index (χ1v) is 8.90. The summed E-state index contributed by atoms with van der Waals surface area (Å²) in [4.78, 5) is 18.3. The lowest BCUT2D eigenvalue weighted by Gasteiger charge is -2.34. The third-order valence-electron chi connectivity index (χ3n) is 4.27. The Kier molecular flexibility index (Phi) is 5.11. The molecular weight excluding hydrogens is 329 g/mol. The summed E-state index contributed by atoms with van der Waals surface area (Å²) in [5.41, 5.74) is 3.60. The number of nitrogens with one attached hydrogen (secondary N) is 1. The van der Waals surface area contributed by atoms with Crippen LogP contribution in [-0.2, 0) is 0 Å². The second kappa shape index (κ2) is 7.27. The van der Waals surface area contributed by atoms with E-state index in [-0.39, 0.29) is 23.9 Å². The number of anilines is 1. The van der Waals surface area contributed by atoms with Gasteiger partial charge in [-0.2, -0.15) is 0 Å². The van der Waals surface area contributed by atoms with E-state index in [1.54, 1.807) is 17.0 Å². The van der Waals surface area contributed by atoms with Crippen LogP contribution in [0.3, 0.4) is 0 Å². The number of hydrogen-bond acceptors (Lipinski definition) is 5. The largest absolute Gasteiger partial charge is 0.393 e. The first-order valence-electron chi connectivity index (χ1n) is 7.96. The molecule has 1 aromatic heterocycles. The Bertz CT molecular complexity index is 700. The minimum Gasteiger partial charge on any atom is -0.393 e. The number of piperidine rings is 1. The quantitative estimate of drug-likeness (QED) is 0.891. The number of halogens is 1. The number of carbonyl (C=O) groups is 1. The number of aliphatic hydroxyl groups is 1. The molecule has 2 N–H and O–H groups in total. The number of amides is 1. The second-order valence-corrected chi connectivity index (χ2v) is 6.71. The van der Waals surface area contributed by atoms with Crippen molar-refractivity contribution >= 4 is 22.9 Å². The Morgan fingerprint density at radius 2 is 2.21 bits per heavy atom. The number of hydrogen-bond donors (Lipinski definition) is 2. The summed E-state index contributed by atoms with van der Waals surface area (Å²) in [5, 5.41) is 14.2. The van der Waals surface area contributed by atoms with Crippen molar-refractivity contribution in [2.24, 2.45) is 0 Å². The lowest BCUT2D eigenvalue weighted by atomic mass is 10.0. The lowest BCUT2D eigenvalue weighted by molar-refractivity contribution is 0.0935. The fourth-order valence-corrected chi connectivity index (χ4v) is 3.47. The Morgan fingerprint density at radius 1 is 1.46 bits per heavy atom. The molecule has 1 fully saturated rings. The summed E-state index contributed by atoms with van der Waals surface area (Å²) in [6, 6.07) is 4.29. The molecule has 0 radical (unpaired) electrons. The molecule has 0 bridgehead atoms. The van der Waals surface area contributed by atoms with E-state index in [0.717, 1.165) is 11.3 Å². The predicted octanol–water partition coefficient (Wildman–Crippen LogP) is 2.73. The summed E-state index contributed by atoms with van der Waals surface area (Å²) < 4.78 is 13.8. The van der Waals surface area contributed by atoms with Gasteiger partial charge in [0, 0.05) is 29.7 Å². The van der Waals surface area contributed by atoms with Gasteiger partial charge in [0.05, 0.1) is 17.7 Å². The molecule has 0 spiro atoms. The topological polar surface area (TPSA) is 65.5 Å². The van der Waals surface area contributed by atoms with Crippen molar-refractivity contribution in [2.75, 3.05) is 18.0 Å². The average molecular weight is 349 g/mol. The molecule has 2 aromatic rings. The Morgan fingerprint density at radius 3 is 2.88 bits per heavy atom. The van der Waals surface area contributed by atoms with E-state index in [0.29, 0.717) is 31.6 Å². The first kappa shape index (κ1) is 16.9. The number of nitrogens with zero attached hydrogens (tertiary/aromatic N) is 2. The highest BCUT2D eigenvalue weighted by atomic mass is 32.1. The Labute approximate surface area is 144 Å². The van der Waals surface area contributed by atoms with Crippen molar-refractivity contribution in [3.8, 4) is 0 Å². The molecule has 1 aliphatic heterocycles. The average Bonchev–Trinajstić information content (AvgIpc) is 3.10. The molecule has 24 heavy (non-hydrogen) atoms. The summed E-state index contributed by atoms with van der Waals surface area (Å²) in [5.74, 6) is -0.603. The zero-order chi connectivity index (χ0) is 17.1. The molecule has 2 heterocycles. The van der Waals surface area contributed by atoms with Crippen LogP contribution in [0.25, 0.3) is 0 Å². The molecule has 1 saturated heterocycles. The second-order valence-electron chi connectivity index (χ2n) is 5.99. The SMILES string of the molecule is C[C@@H](NC(=O)c1cscn1)c1cc(F)ccc1N1CCC(O)CC1. The standard InChI is InChI=1S/C17H20FN3O2S/c1-11(20-17(23)15-9-24-10-19-15)14-8-12(18)2-3-16(14)21-6-4-13(22)5-7-21/h2-3,8-11,13,22H,4-7H2,1H3,(H,20,23)/t11-/m1/s1. The van der Waals surface area contributed by atoms with Gasteiger partial charge in [0.15, 0.2) is 0 Å². The van der Waals surface area contributed by atoms with Crippen molar-refractivity contribution in [3.05, 3.63) is 46.2 Å². The van der Waals surface area contributed by atoms with Crippen LogP contribution >= 0.6 is 11.3 Å². The van der Waals surface area contributed by atoms with Crippen LogP contribution in [0.2, 0.25) is 0 Å². The number of carbonyl (C=O) groups excluding carboxylic acids is 1. The molecule has 1 atom stereocenters. The molecule has 1 amide bonds. The maximum Gasteiger partial charge on any atom is 0.271 e. The van der Waals surface area contributed by atoms with E-state index in [9.17, 15) is 14.3 Å². The van der Waals surface area contributed by atoms with E-state index in [1.165, 1.54) is 23.5 Å². The van der Waals surface area contributed by atoms with E-state index in [1.807, 2.05) is 6.92 Å². The molecule has 3 rings (SSSR count). The van der Waals surface area contributed by atoms with Gasteiger partial charge in [-0.25, -0.2) is 9.37 Å². The maximum atomic E-state index is 13.8. The zero-order valence-electron chi connectivity index (χ0n) is 13.4. The van der Waals surface area contributed by atoms with Crippen molar-refractivity contribution in [1.82, 2.24) is 10.3 Å². The highest BCUT2D eigenvalue weighted by Gasteiger charge is 2.23. The van der Waals surface area contributed by atoms with Crippen LogP contribution in [0.5, 0.6) is 0 Å². The molecule has 5 nitrogen and oxygen atoms in total. The number of aromatic nitrogens is 1. The number of thiazole rings is 1. The molecular formula is C17H20FN3O2S. The van der Waals surface area contributed by atoms with Gasteiger partial charge in [-0.1, -0.05) is 0 Å². The van der Waals surface area contributed by atoms with E-state index < -0.39 is 0 Å². The van der Waals surface area contributed by atoms with Gasteiger partial charge in [0.25, 0.3) is 5.91 Å². The molecule has 0 saturated carbocycles. The highest BCUT2D eigenvalue weighted by molar-refractivity contribution is 7.07. The Hall–Kier alpha value is -1.99. The zero-order valence-corrected chi connectivity index (χ0v) is 14.2. The van der Waals surface area contributed by atoms with Crippen molar-refractivity contribution in [2.45, 2.75) is 31.9 Å². The highest BCUT2D eigenvalue weighted by Crippen LogP contribution is 2.30. The van der Waals surface area contributed by atoms with E-state index >= 15 is 0 Å². The molecule has 7 heteroatoms. The van der Waals surface area contributed by atoms with Gasteiger partial charge >= 0.3 is 0 Å². The van der Waals surface area contributed by atoms with Crippen molar-refractivity contribution in [3.63, 3.8) is 0 Å². The van der Waals surface area contributed by atoms with Gasteiger partial charge in [-0.05, 0) is 38.0 Å². The lowest BCUT2D eigenvalue weighted by Crippen LogP contribution is -2.37. The Balaban J connectivity index is 1.80. The third kappa shape index (κ3) is 3.73. The van der Waals surface area contributed by atoms with Crippen LogP contribution in [-0.4, -0.2) is 35.2 Å². The summed E-state index contributed by atoms with van der Waals surface area (Å²) in [6.07, 6.45) is 1.11. The maximum absolute atomic E-state index is 13.8. The predicted molar refractivity (Wildman–Crippen MR) is 91.8 cm³/mol. The monoisotopic (exact) mass is 349 g/mol. The van der Waals surface area contributed by atoms with Gasteiger partial charge in [-0.3, -0.25) is 4.79 Å². The van der Waals surface area contributed by atoms with E-state index in [4.69, 9.17) is 0 Å². The first-order chi connectivity index (χ1) is 11.5. The van der Waals surface area contributed by atoms with E-state index in [2.05, 4.69) is 15.2 Å². The summed E-state index contributed by atoms with van der Waals surface area (Å²) >= 11 is 1.36. The smallest absolute Gasteiger partial charge is 0.271 e. The van der Waals surface area contributed by atoms with Crippen LogP contribution in [0, 0.1) is 5.82 Å². The van der Waals surface area contributed by atoms with Gasteiger partial charge in [0.2, 0.25) is 0 Å². The van der Waals surface area contributed by atoms with Crippen molar-refractivity contribution < 1.29 is 14.3 Å². The van der Waals surface area contributed by atoms with Gasteiger partial charge in [-0.15, -0.1) is 11.3 Å². The van der Waals surface area contributed by atoms with Gasteiger partial charge < -0.3 is 15.3 Å². The third-order valence-corrected chi connectivity index (χ3v) is 4.86. The fourth-order valence-electron chi connectivity index (χ4n) is 2.94. The van der Waals surface area contributed by atoms with Crippen molar-refractivity contribution in [1.29, 1.82) is 0 Å². The molecule has 0 aliphatic carbocycles. The minimum atomic E-state index is -0.350. The van der Waals surface area contributed by atoms with Crippen LogP contribution in [0.1, 0.15) is 41.9 Å². The molecule has 128 valence electrons. The number of benzene rings is 1. The van der Waals surface area contributed by atoms with Crippen LogP contribution < -0.4 is 10.2 Å². The van der Waals surface area contributed by atoms with Gasteiger partial charge in [0.1, 0.15) is 11.5 Å². The molecule has 1 aliphatic rings. The fraction of sp³-hybridized carbons (Fsp3) is 0.412. The van der Waals surface area contributed by atoms with Crippen LogP contribution in [0.4, 0.5) is 10.1 Å². The summed E-state index contributed by atoms with van der Waals surface area (Å²) in [7, 11) is 0. The normalized spacial score (nSPS) is 16.9. The summed E-state index contributed by atoms with van der Waals surface area (Å²) in [6.45, 7) is 3.26. The molecule has 1 aromatic carbocycles. The number of rotatable bonds is 4. The molecule has 0 unspecified atom stereocenters. The van der Waals surface area contributed by atoms with Crippen LogP contribution in [0.15, 0.2) is 29.1 Å².